The van der Waals surface area contributed by atoms with Crippen LogP contribution in [0.15, 0.2) is 22.7 Å². The first-order chi connectivity index (χ1) is 18.0. The highest BCUT2D eigenvalue weighted by Crippen LogP contribution is 2.53. The van der Waals surface area contributed by atoms with Gasteiger partial charge in [-0.25, -0.2) is 0 Å². The molecule has 0 unspecified atom stereocenters. The Kier molecular flexibility index (Phi) is 8.50. The monoisotopic (exact) mass is 544 g/mol. The number of carbonyl (C=O) groups is 3. The molecule has 9 heteroatoms. The van der Waals surface area contributed by atoms with Crippen LogP contribution in [0.5, 0.6) is 0 Å². The van der Waals surface area contributed by atoms with Crippen molar-refractivity contribution in [2.24, 2.45) is 11.3 Å². The van der Waals surface area contributed by atoms with E-state index in [1.54, 1.807) is 26.0 Å². The second-order valence-corrected chi connectivity index (χ2v) is 12.0. The summed E-state index contributed by atoms with van der Waals surface area (Å²) in [5.74, 6) is 0.101. The third kappa shape index (κ3) is 6.57. The highest BCUT2D eigenvalue weighted by atomic mass is 35.5. The molecule has 38 heavy (non-hydrogen) atoms. The normalized spacial score (nSPS) is 19.9. The van der Waals surface area contributed by atoms with Crippen molar-refractivity contribution >= 4 is 35.1 Å². The van der Waals surface area contributed by atoms with Gasteiger partial charge in [0.25, 0.3) is 0 Å². The summed E-state index contributed by atoms with van der Waals surface area (Å²) in [4.78, 5) is 36.6. The minimum atomic E-state index is -0.778. The van der Waals surface area contributed by atoms with Crippen LogP contribution in [0.2, 0.25) is 5.02 Å². The highest BCUT2D eigenvalue weighted by molar-refractivity contribution is 6.33. The first-order valence-corrected chi connectivity index (χ1v) is 13.7. The van der Waals surface area contributed by atoms with E-state index in [4.69, 9.17) is 20.9 Å². The van der Waals surface area contributed by atoms with Gasteiger partial charge in [-0.2, -0.15) is 0 Å². The van der Waals surface area contributed by atoms with Crippen LogP contribution in [0.3, 0.4) is 0 Å². The van der Waals surface area contributed by atoms with Crippen LogP contribution in [0.1, 0.15) is 106 Å². The molecular formula is C29H37ClN2O6. The number of aliphatic carboxylic acids is 1. The summed E-state index contributed by atoms with van der Waals surface area (Å²) >= 11 is 6.32. The zero-order chi connectivity index (χ0) is 27.6. The van der Waals surface area contributed by atoms with Crippen molar-refractivity contribution in [2.75, 3.05) is 12.4 Å². The average Bonchev–Trinajstić information content (AvgIpc) is 3.58. The molecule has 0 bridgehead atoms. The number of amides is 1. The van der Waals surface area contributed by atoms with Gasteiger partial charge in [-0.1, -0.05) is 22.8 Å². The number of nitrogens with zero attached hydrogens (tertiary/aromatic N) is 1. The molecule has 2 aromatic rings. The van der Waals surface area contributed by atoms with Gasteiger partial charge in [0.05, 0.1) is 28.9 Å². The SMILES string of the molecule is COC(=O)CC[C@@H](CC(=O)Nc1ccc(C)cc1Cl)c1noc(C2CC(CC(C)(C)C(=O)O)C2)c1C1CC1. The van der Waals surface area contributed by atoms with E-state index in [9.17, 15) is 19.5 Å². The number of hydrogen-bond donors (Lipinski definition) is 2. The van der Waals surface area contributed by atoms with Crippen molar-refractivity contribution in [2.45, 2.75) is 89.9 Å². The first-order valence-electron chi connectivity index (χ1n) is 13.3. The van der Waals surface area contributed by atoms with Crippen LogP contribution >= 0.6 is 11.6 Å². The maximum atomic E-state index is 13.1. The lowest BCUT2D eigenvalue weighted by Crippen LogP contribution is -2.32. The lowest BCUT2D eigenvalue weighted by molar-refractivity contribution is -0.148. The molecule has 206 valence electrons. The van der Waals surface area contributed by atoms with Gasteiger partial charge in [0.1, 0.15) is 5.76 Å². The fourth-order valence-electron chi connectivity index (χ4n) is 5.50. The van der Waals surface area contributed by atoms with Crippen molar-refractivity contribution in [3.8, 4) is 0 Å². The molecule has 8 nitrogen and oxygen atoms in total. The smallest absolute Gasteiger partial charge is 0.309 e. The predicted octanol–water partition coefficient (Wildman–Crippen LogP) is 6.57. The van der Waals surface area contributed by atoms with E-state index in [-0.39, 0.29) is 36.6 Å². The Morgan fingerprint density at radius 2 is 1.95 bits per heavy atom. The van der Waals surface area contributed by atoms with Crippen LogP contribution in [0, 0.1) is 18.3 Å². The van der Waals surface area contributed by atoms with Gasteiger partial charge in [-0.3, -0.25) is 14.4 Å². The molecule has 2 fully saturated rings. The molecule has 2 aliphatic rings. The lowest BCUT2D eigenvalue weighted by atomic mass is 9.66. The maximum absolute atomic E-state index is 13.1. The Morgan fingerprint density at radius 3 is 2.55 bits per heavy atom. The van der Waals surface area contributed by atoms with E-state index in [0.717, 1.165) is 48.3 Å². The number of halogens is 1. The number of ether oxygens (including phenoxy) is 1. The standard InChI is InChI=1S/C29H37ClN2O6/c1-16-5-9-22(21(30)11-16)31-23(33)14-19(8-10-24(34)37-4)26-25(18-6-7-18)27(38-32-26)20-12-17(13-20)15-29(2,3)28(35)36/h5,9,11,17-20H,6-8,10,12-15H2,1-4H3,(H,31,33)(H,35,36)/t17?,19-,20?/m0/s1. The van der Waals surface area contributed by atoms with Crippen LogP contribution in [-0.4, -0.2) is 35.2 Å². The largest absolute Gasteiger partial charge is 0.481 e. The van der Waals surface area contributed by atoms with E-state index in [1.165, 1.54) is 7.11 Å². The Balaban J connectivity index is 1.51. The molecule has 0 radical (unpaired) electrons. The predicted molar refractivity (Wildman–Crippen MR) is 143 cm³/mol. The summed E-state index contributed by atoms with van der Waals surface area (Å²) in [6.45, 7) is 5.47. The van der Waals surface area contributed by atoms with Crippen molar-refractivity contribution in [3.05, 3.63) is 45.8 Å². The maximum Gasteiger partial charge on any atom is 0.309 e. The molecule has 1 amide bonds. The molecule has 2 N–H and O–H groups in total. The van der Waals surface area contributed by atoms with E-state index in [0.29, 0.717) is 35.4 Å². The number of carboxylic acid groups (broad SMARTS) is 1. The van der Waals surface area contributed by atoms with Crippen molar-refractivity contribution in [1.82, 2.24) is 5.16 Å². The first kappa shape index (κ1) is 28.1. The van der Waals surface area contributed by atoms with Gasteiger partial charge in [-0.05, 0) is 88.8 Å². The number of rotatable bonds is 12. The molecular weight excluding hydrogens is 508 g/mol. The van der Waals surface area contributed by atoms with Gasteiger partial charge in [0.2, 0.25) is 5.91 Å². The van der Waals surface area contributed by atoms with Gasteiger partial charge >= 0.3 is 11.9 Å². The summed E-state index contributed by atoms with van der Waals surface area (Å²) in [5.41, 5.74) is 2.63. The zero-order valence-corrected chi connectivity index (χ0v) is 23.3. The minimum absolute atomic E-state index is 0.132. The number of esters is 1. The number of nitrogens with one attached hydrogen (secondary N) is 1. The van der Waals surface area contributed by atoms with Gasteiger partial charge in [-0.15, -0.1) is 0 Å². The Morgan fingerprint density at radius 1 is 1.24 bits per heavy atom. The second-order valence-electron chi connectivity index (χ2n) is 11.6. The fraction of sp³-hybridized carbons (Fsp3) is 0.586. The molecule has 1 aromatic heterocycles. The molecule has 0 aliphatic heterocycles. The summed E-state index contributed by atoms with van der Waals surface area (Å²) in [5, 5.41) is 17.3. The number of aryl methyl sites for hydroxylation is 1. The topological polar surface area (TPSA) is 119 Å². The number of anilines is 1. The quantitative estimate of drug-likeness (QED) is 0.290. The van der Waals surface area contributed by atoms with Gasteiger partial charge < -0.3 is 19.7 Å². The van der Waals surface area contributed by atoms with Crippen molar-refractivity contribution < 1.29 is 28.8 Å². The van der Waals surface area contributed by atoms with Crippen LogP contribution < -0.4 is 5.32 Å². The number of benzene rings is 1. The summed E-state index contributed by atoms with van der Waals surface area (Å²) in [6, 6.07) is 5.46. The Labute approximate surface area is 228 Å². The summed E-state index contributed by atoms with van der Waals surface area (Å²) < 4.78 is 10.8. The third-order valence-electron chi connectivity index (χ3n) is 7.90. The molecule has 1 aromatic carbocycles. The minimum Gasteiger partial charge on any atom is -0.481 e. The number of methoxy groups -OCH3 is 1. The van der Waals surface area contributed by atoms with E-state index in [1.807, 2.05) is 13.0 Å². The molecule has 1 heterocycles. The Bertz CT molecular complexity index is 1200. The summed E-state index contributed by atoms with van der Waals surface area (Å²) in [6.07, 6.45) is 5.15. The number of aromatic nitrogens is 1. The molecule has 0 saturated heterocycles. The third-order valence-corrected chi connectivity index (χ3v) is 8.21. The van der Waals surface area contributed by atoms with E-state index >= 15 is 0 Å². The number of hydrogen-bond acceptors (Lipinski definition) is 6. The van der Waals surface area contributed by atoms with Crippen LogP contribution in [0.25, 0.3) is 0 Å². The van der Waals surface area contributed by atoms with Crippen molar-refractivity contribution in [3.63, 3.8) is 0 Å². The van der Waals surface area contributed by atoms with Crippen LogP contribution in [0.4, 0.5) is 5.69 Å². The zero-order valence-electron chi connectivity index (χ0n) is 22.5. The fourth-order valence-corrected chi connectivity index (χ4v) is 5.78. The lowest BCUT2D eigenvalue weighted by Gasteiger charge is -2.37. The number of carbonyl (C=O) groups excluding carboxylic acids is 2. The van der Waals surface area contributed by atoms with Gasteiger partial charge in [0, 0.05) is 30.2 Å². The molecule has 1 atom stereocenters. The molecule has 2 aliphatic carbocycles. The summed E-state index contributed by atoms with van der Waals surface area (Å²) in [7, 11) is 1.35. The average molecular weight is 545 g/mol. The van der Waals surface area contributed by atoms with E-state index < -0.39 is 11.4 Å². The molecule has 2 saturated carbocycles. The highest BCUT2D eigenvalue weighted by Gasteiger charge is 2.43. The molecule has 0 spiro atoms. The van der Waals surface area contributed by atoms with Gasteiger partial charge in [0.15, 0.2) is 0 Å². The Hall–Kier alpha value is -2.87. The van der Waals surface area contributed by atoms with Crippen LogP contribution in [-0.2, 0) is 19.1 Å². The van der Waals surface area contributed by atoms with Crippen molar-refractivity contribution in [1.29, 1.82) is 0 Å². The molecule has 4 rings (SSSR count). The van der Waals surface area contributed by atoms with E-state index in [2.05, 4.69) is 10.5 Å². The second kappa shape index (κ2) is 11.5. The number of carboxylic acids is 1.